The maximum Gasteiger partial charge on any atom is 0.473 e. The number of H-pyrrole nitrogens is 2. The minimum atomic E-state index is -5.49. The molecule has 0 aromatic carbocycles. The molecule has 0 amide bonds. The number of imidazole rings is 2. The summed E-state index contributed by atoms with van der Waals surface area (Å²) in [5.74, 6) is -2.64. The molecule has 16 atom stereocenters. The van der Waals surface area contributed by atoms with Gasteiger partial charge in [0.25, 0.3) is 11.1 Å². The van der Waals surface area contributed by atoms with Gasteiger partial charge < -0.3 is 71.7 Å². The van der Waals surface area contributed by atoms with Crippen LogP contribution in [0.5, 0.6) is 0 Å². The Morgan fingerprint density at radius 1 is 0.540 bits per heavy atom. The van der Waals surface area contributed by atoms with Crippen LogP contribution >= 0.6 is 31.3 Å². The summed E-state index contributed by atoms with van der Waals surface area (Å²) in [7, 11) is -21.4. The van der Waals surface area contributed by atoms with E-state index in [9.17, 15) is 66.9 Å². The Labute approximate surface area is 482 Å². The molecule has 0 radical (unpaired) electrons. The number of phosphoric ester groups is 4. The SMILES string of the molecule is Nc1ccn([C@H]2C[C@H](OP(=O)(O)OC[C@H]3O[C@@H](n4cnc5c(=O)[nH]c(N)nc54)C[C@@H]3OP(=O)(O)OC[C@H]3O[C@@H](n4ccc(N)nc4=O)C[C@@H]3OP(=O)(O)OC[C@H]3O[C@@H](n4cnc5c(=O)[nH]c(N)nc54)C[C@@H]3OP(=O)(O)OCC(=O)O)[C@@H](CO)O2)c(=O)n1. The van der Waals surface area contributed by atoms with Crippen molar-refractivity contribution < 1.29 is 108 Å². The first-order valence-electron chi connectivity index (χ1n) is 25.2. The first-order chi connectivity index (χ1) is 41.0. The molecule has 47 heteroatoms. The van der Waals surface area contributed by atoms with Gasteiger partial charge in [-0.25, -0.2) is 42.6 Å². The van der Waals surface area contributed by atoms with Gasteiger partial charge in [0.05, 0.1) is 39.1 Å². The second kappa shape index (κ2) is 25.1. The van der Waals surface area contributed by atoms with Crippen molar-refractivity contribution in [2.75, 3.05) is 56.0 Å². The predicted octanol–water partition coefficient (Wildman–Crippen LogP) is -2.67. The number of hydrogen-bond acceptors (Lipinski definition) is 32. The highest BCUT2D eigenvalue weighted by Crippen LogP contribution is 2.55. The number of carboxylic acid groups (broad SMARTS) is 1. The van der Waals surface area contributed by atoms with Gasteiger partial charge in [0.15, 0.2) is 28.9 Å². The quantitative estimate of drug-likeness (QED) is 0.0260. The number of phosphoric acid groups is 4. The molecule has 6 aromatic heterocycles. The Bertz CT molecular complexity index is 4010. The zero-order valence-corrected chi connectivity index (χ0v) is 47.7. The summed E-state index contributed by atoms with van der Waals surface area (Å²) in [6.07, 6.45) is -14.9. The highest BCUT2D eigenvalue weighted by atomic mass is 31.2. The molecule has 4 aliphatic heterocycles. The summed E-state index contributed by atoms with van der Waals surface area (Å²) in [6, 6.07) is 2.49. The minimum absolute atomic E-state index is 0.102. The molecule has 0 aliphatic carbocycles. The fraction of sp³-hybridized carbons (Fsp3) is 0.525. The summed E-state index contributed by atoms with van der Waals surface area (Å²) >= 11 is 0. The number of aliphatic hydroxyl groups is 1. The second-order valence-electron chi connectivity index (χ2n) is 19.3. The van der Waals surface area contributed by atoms with Crippen molar-refractivity contribution >= 4 is 83.1 Å². The molecular formula is C40H52N16O27P4. The van der Waals surface area contributed by atoms with E-state index in [4.69, 9.17) is 78.7 Å². The average molecular weight is 1310 g/mol. The molecule has 43 nitrogen and oxygen atoms in total. The van der Waals surface area contributed by atoms with Crippen LogP contribution in [0.4, 0.5) is 23.5 Å². The van der Waals surface area contributed by atoms with E-state index in [0.29, 0.717) is 0 Å². The Balaban J connectivity index is 0.849. The maximum atomic E-state index is 14.0. The first-order valence-corrected chi connectivity index (χ1v) is 31.2. The Morgan fingerprint density at radius 3 is 1.22 bits per heavy atom. The maximum absolute atomic E-state index is 14.0. The third-order valence-corrected chi connectivity index (χ3v) is 17.4. The van der Waals surface area contributed by atoms with E-state index in [0.717, 1.165) is 28.0 Å². The molecule has 0 saturated carbocycles. The van der Waals surface area contributed by atoms with Crippen molar-refractivity contribution in [3.05, 3.63) is 78.9 Å². The zero-order chi connectivity index (χ0) is 62.5. The monoisotopic (exact) mass is 1310 g/mol. The van der Waals surface area contributed by atoms with Gasteiger partial charge in [0, 0.05) is 38.1 Å². The van der Waals surface area contributed by atoms with Gasteiger partial charge in [-0.15, -0.1) is 0 Å². The highest BCUT2D eigenvalue weighted by Gasteiger charge is 2.49. The number of nitrogen functional groups attached to an aromatic ring is 4. The third-order valence-electron chi connectivity index (χ3n) is 13.4. The fourth-order valence-electron chi connectivity index (χ4n) is 9.59. The number of ether oxygens (including phenoxy) is 4. The smallest absolute Gasteiger partial charge is 0.473 e. The van der Waals surface area contributed by atoms with Gasteiger partial charge in [0.2, 0.25) is 11.9 Å². The van der Waals surface area contributed by atoms with E-state index in [1.807, 2.05) is 0 Å². The van der Waals surface area contributed by atoms with Crippen LogP contribution < -0.4 is 45.4 Å². The van der Waals surface area contributed by atoms with Crippen LogP contribution in [0, 0.1) is 0 Å². The molecule has 16 N–H and O–H groups in total. The van der Waals surface area contributed by atoms with Crippen molar-refractivity contribution in [1.29, 1.82) is 0 Å². The van der Waals surface area contributed by atoms with Crippen LogP contribution in [0.25, 0.3) is 22.3 Å². The minimum Gasteiger partial charge on any atom is -0.480 e. The van der Waals surface area contributed by atoms with E-state index in [2.05, 4.69) is 44.4 Å². The molecule has 10 rings (SSSR count). The molecule has 87 heavy (non-hydrogen) atoms. The number of nitrogens with two attached hydrogens (primary N) is 4. The lowest BCUT2D eigenvalue weighted by Gasteiger charge is -2.25. The number of fused-ring (bicyclic) bond motifs is 2. The molecule has 10 heterocycles. The summed E-state index contributed by atoms with van der Waals surface area (Å²) in [4.78, 5) is 134. The molecular weight excluding hydrogens is 1260 g/mol. The molecule has 474 valence electrons. The normalized spacial score (nSPS) is 28.6. The molecule has 4 aliphatic rings. The molecule has 6 aromatic rings. The largest absolute Gasteiger partial charge is 0.480 e. The number of anilines is 4. The number of rotatable bonds is 25. The average Bonchev–Trinajstić information content (AvgIpc) is 1.79. The lowest BCUT2D eigenvalue weighted by atomic mass is 10.2. The summed E-state index contributed by atoms with van der Waals surface area (Å²) in [5.41, 5.74) is 18.7. The predicted molar refractivity (Wildman–Crippen MR) is 282 cm³/mol. The number of carboxylic acids is 1. The van der Waals surface area contributed by atoms with Gasteiger partial charge in [-0.05, 0) is 12.1 Å². The summed E-state index contributed by atoms with van der Waals surface area (Å²) in [5, 5.41) is 19.1. The molecule has 0 spiro atoms. The van der Waals surface area contributed by atoms with Gasteiger partial charge >= 0.3 is 48.6 Å². The third kappa shape index (κ3) is 14.8. The van der Waals surface area contributed by atoms with E-state index in [1.54, 1.807) is 0 Å². The summed E-state index contributed by atoms with van der Waals surface area (Å²) in [6.45, 7) is -5.11. The highest BCUT2D eigenvalue weighted by molar-refractivity contribution is 7.48. The molecule has 4 saturated heterocycles. The number of nitrogens with one attached hydrogen (secondary N) is 2. The number of carbonyl (C=O) groups is 1. The lowest BCUT2D eigenvalue weighted by molar-refractivity contribution is -0.140. The van der Waals surface area contributed by atoms with Crippen LogP contribution in [0.2, 0.25) is 0 Å². The van der Waals surface area contributed by atoms with Gasteiger partial charge in [-0.1, -0.05) is 0 Å². The molecule has 4 unspecified atom stereocenters. The topological polar surface area (TPSA) is 618 Å². The van der Waals surface area contributed by atoms with Crippen molar-refractivity contribution in [3.63, 3.8) is 0 Å². The number of aliphatic carboxylic acids is 1. The van der Waals surface area contributed by atoms with E-state index >= 15 is 0 Å². The Morgan fingerprint density at radius 2 is 0.874 bits per heavy atom. The van der Waals surface area contributed by atoms with Crippen LogP contribution in [0.15, 0.2) is 56.4 Å². The van der Waals surface area contributed by atoms with E-state index in [-0.39, 0.29) is 52.3 Å². The fourth-order valence-corrected chi connectivity index (χ4v) is 13.4. The van der Waals surface area contributed by atoms with Crippen LogP contribution in [0.1, 0.15) is 50.6 Å². The lowest BCUT2D eigenvalue weighted by Crippen LogP contribution is -2.32. The zero-order valence-electron chi connectivity index (χ0n) is 44.1. The number of hydrogen-bond donors (Lipinski definition) is 12. The standard InChI is InChI=1S/C40H52N16O27P4/c41-24-1-3-53(39(62)47-24)26-5-16(20(9-57)76-26)80-84(64,65)72-11-22-18(7-28(78-22)55-14-45-31-33(55)49-37(43)51-35(31)60)82-86(68,69)73-10-21-17(6-27(77-21)54-4-2-25(42)48-40(54)63)81-85(66,67)74-12-23-19(83-87(70,71)75-13-30(58)59)8-29(79-23)56-15-46-32-34(56)50-38(44)52-36(32)61/h1-4,14-23,26-29,57H,5-13H2,(H,58,59)(H,64,65)(H,66,67)(H,68,69)(H,70,71)(H2,41,47,62)(H2,42,48,63)(H3,43,49,51,60)(H3,44,50,52,61)/t16-,17-,18-,19-,20+,21+,22+,23+,26+,27+,28+,29+/m0/s1. The van der Waals surface area contributed by atoms with Crippen LogP contribution in [-0.2, 0) is 78.2 Å². The summed E-state index contributed by atoms with van der Waals surface area (Å²) < 4.78 is 124. The van der Waals surface area contributed by atoms with Gasteiger partial charge in [-0.2, -0.15) is 19.9 Å². The van der Waals surface area contributed by atoms with Crippen molar-refractivity contribution in [2.45, 2.75) is 99.4 Å². The Kier molecular flexibility index (Phi) is 18.3. The van der Waals surface area contributed by atoms with Crippen LogP contribution in [-0.4, -0.2) is 176 Å². The van der Waals surface area contributed by atoms with Crippen molar-refractivity contribution in [3.8, 4) is 0 Å². The number of aliphatic hydroxyl groups excluding tert-OH is 1. The van der Waals surface area contributed by atoms with Gasteiger partial charge in [0.1, 0.15) is 85.4 Å². The van der Waals surface area contributed by atoms with Crippen molar-refractivity contribution in [1.82, 2.24) is 58.1 Å². The molecule has 4 fully saturated rings. The van der Waals surface area contributed by atoms with Crippen LogP contribution in [0.3, 0.4) is 0 Å². The van der Waals surface area contributed by atoms with E-state index < -0.39 is 186 Å². The van der Waals surface area contributed by atoms with Crippen molar-refractivity contribution in [2.24, 2.45) is 0 Å². The number of aromatic nitrogens is 12. The molecule has 0 bridgehead atoms. The first kappa shape index (κ1) is 63.4. The van der Waals surface area contributed by atoms with E-state index in [1.165, 1.54) is 27.5 Å². The Hall–Kier alpha value is -6.63. The second-order valence-corrected chi connectivity index (χ2v) is 24.9. The number of nitrogens with zero attached hydrogens (tertiary/aromatic N) is 10. The number of aromatic amines is 2. The van der Waals surface area contributed by atoms with Gasteiger partial charge in [-0.3, -0.25) is 74.0 Å².